The van der Waals surface area contributed by atoms with Crippen LogP contribution >= 0.6 is 24.0 Å². The van der Waals surface area contributed by atoms with Crippen molar-refractivity contribution >= 4 is 29.9 Å². The lowest BCUT2D eigenvalue weighted by molar-refractivity contribution is 0.242. The summed E-state index contributed by atoms with van der Waals surface area (Å²) < 4.78 is 16.1. The minimum atomic E-state index is 0. The molecule has 0 aliphatic carbocycles. The van der Waals surface area contributed by atoms with Gasteiger partial charge in [0.05, 0.1) is 26.9 Å². The third-order valence-electron chi connectivity index (χ3n) is 3.65. The molecule has 0 saturated heterocycles. The number of methoxy groups -OCH3 is 2. The molecule has 0 amide bonds. The molecule has 6 nitrogen and oxygen atoms in total. The maximum Gasteiger partial charge on any atom is 0.189 e. The fourth-order valence-electron chi connectivity index (χ4n) is 2.36. The van der Waals surface area contributed by atoms with Crippen LogP contribution in [0.5, 0.6) is 17.2 Å². The summed E-state index contributed by atoms with van der Waals surface area (Å²) in [7, 11) is 3.22. The largest absolute Gasteiger partial charge is 0.493 e. The van der Waals surface area contributed by atoms with Gasteiger partial charge in [-0.2, -0.15) is 0 Å². The molecular formula is C20H28IN3O3. The van der Waals surface area contributed by atoms with E-state index in [1.807, 2.05) is 56.3 Å². The van der Waals surface area contributed by atoms with E-state index in [1.54, 1.807) is 14.2 Å². The second-order valence-corrected chi connectivity index (χ2v) is 6.05. The van der Waals surface area contributed by atoms with Crippen molar-refractivity contribution in [3.8, 4) is 17.2 Å². The van der Waals surface area contributed by atoms with E-state index < -0.39 is 0 Å². The first-order valence-corrected chi connectivity index (χ1v) is 8.52. The van der Waals surface area contributed by atoms with Gasteiger partial charge in [-0.25, -0.2) is 4.99 Å². The molecule has 2 aromatic rings. The summed E-state index contributed by atoms with van der Waals surface area (Å²) in [5.74, 6) is 2.62. The van der Waals surface area contributed by atoms with Crippen LogP contribution in [0.1, 0.15) is 25.0 Å². The first-order chi connectivity index (χ1) is 12.5. The van der Waals surface area contributed by atoms with Gasteiger partial charge in [0.15, 0.2) is 17.5 Å². The highest BCUT2D eigenvalue weighted by molar-refractivity contribution is 14.0. The van der Waals surface area contributed by atoms with Gasteiger partial charge < -0.3 is 25.3 Å². The van der Waals surface area contributed by atoms with E-state index in [4.69, 9.17) is 19.9 Å². The van der Waals surface area contributed by atoms with E-state index in [0.29, 0.717) is 30.5 Å². The van der Waals surface area contributed by atoms with Crippen molar-refractivity contribution in [3.63, 3.8) is 0 Å². The molecule has 3 N–H and O–H groups in total. The Bertz CT molecular complexity index is 734. The van der Waals surface area contributed by atoms with Crippen LogP contribution in [0.4, 0.5) is 0 Å². The van der Waals surface area contributed by atoms with Crippen LogP contribution in [0, 0.1) is 0 Å². The van der Waals surface area contributed by atoms with E-state index in [2.05, 4.69) is 10.3 Å². The third kappa shape index (κ3) is 7.54. The van der Waals surface area contributed by atoms with Gasteiger partial charge in [-0.15, -0.1) is 24.0 Å². The molecule has 0 saturated carbocycles. The lowest BCUT2D eigenvalue weighted by atomic mass is 10.2. The Kier molecular flexibility index (Phi) is 9.77. The Balaban J connectivity index is 0.00000364. The molecule has 7 heteroatoms. The molecule has 2 aromatic carbocycles. The summed E-state index contributed by atoms with van der Waals surface area (Å²) in [5, 5.41) is 3.11. The summed E-state index contributed by atoms with van der Waals surface area (Å²) in [6.45, 7) is 5.07. The maximum absolute atomic E-state index is 5.95. The maximum atomic E-state index is 5.95. The number of ether oxygens (including phenoxy) is 3. The Morgan fingerprint density at radius 1 is 1.00 bits per heavy atom. The van der Waals surface area contributed by atoms with Gasteiger partial charge in [-0.3, -0.25) is 0 Å². The van der Waals surface area contributed by atoms with Gasteiger partial charge in [0.1, 0.15) is 5.75 Å². The number of aliphatic imine (C=N–C) groups is 1. The summed E-state index contributed by atoms with van der Waals surface area (Å²) in [6, 6.07) is 13.6. The predicted molar refractivity (Wildman–Crippen MR) is 119 cm³/mol. The molecule has 148 valence electrons. The highest BCUT2D eigenvalue weighted by atomic mass is 127. The highest BCUT2D eigenvalue weighted by Crippen LogP contribution is 2.27. The van der Waals surface area contributed by atoms with E-state index in [9.17, 15) is 0 Å². The van der Waals surface area contributed by atoms with Crippen molar-refractivity contribution in [1.82, 2.24) is 5.32 Å². The Morgan fingerprint density at radius 2 is 1.63 bits per heavy atom. The fourth-order valence-corrected chi connectivity index (χ4v) is 2.36. The minimum Gasteiger partial charge on any atom is -0.493 e. The van der Waals surface area contributed by atoms with Crippen LogP contribution < -0.4 is 25.3 Å². The van der Waals surface area contributed by atoms with Crippen LogP contribution in [-0.2, 0) is 13.1 Å². The zero-order valence-electron chi connectivity index (χ0n) is 16.2. The number of nitrogens with two attached hydrogens (primary N) is 1. The smallest absolute Gasteiger partial charge is 0.189 e. The molecule has 0 radical (unpaired) electrons. The molecule has 0 atom stereocenters. The second kappa shape index (κ2) is 11.5. The fraction of sp³-hybridized carbons (Fsp3) is 0.350. The van der Waals surface area contributed by atoms with Gasteiger partial charge in [0, 0.05) is 6.54 Å². The molecule has 0 fully saturated rings. The molecule has 0 aliphatic heterocycles. The van der Waals surface area contributed by atoms with Gasteiger partial charge in [-0.05, 0) is 49.2 Å². The number of nitrogens with one attached hydrogen (secondary N) is 1. The first-order valence-electron chi connectivity index (χ1n) is 8.52. The molecule has 0 unspecified atom stereocenters. The summed E-state index contributed by atoms with van der Waals surface area (Å²) in [6.07, 6.45) is 0.165. The van der Waals surface area contributed by atoms with Crippen LogP contribution in [0.2, 0.25) is 0 Å². The van der Waals surface area contributed by atoms with Gasteiger partial charge in [0.2, 0.25) is 0 Å². The van der Waals surface area contributed by atoms with Gasteiger partial charge in [-0.1, -0.05) is 18.2 Å². The molecule has 2 rings (SSSR count). The van der Waals surface area contributed by atoms with E-state index in [-0.39, 0.29) is 30.1 Å². The van der Waals surface area contributed by atoms with Crippen molar-refractivity contribution in [1.29, 1.82) is 0 Å². The number of nitrogens with zero attached hydrogens (tertiary/aromatic N) is 1. The second-order valence-electron chi connectivity index (χ2n) is 6.05. The average molecular weight is 485 g/mol. The molecule has 0 aromatic heterocycles. The van der Waals surface area contributed by atoms with E-state index in [0.717, 1.165) is 16.9 Å². The standard InChI is InChI=1S/C20H27N3O3.HI/c1-14(2)26-17-8-5-15(6-9-17)12-22-20(21)23-13-16-7-10-18(24-3)19(11-16)25-4;/h5-11,14H,12-13H2,1-4H3,(H3,21,22,23);1H. The summed E-state index contributed by atoms with van der Waals surface area (Å²) in [4.78, 5) is 4.36. The van der Waals surface area contributed by atoms with Crippen LogP contribution in [-0.4, -0.2) is 26.3 Å². The van der Waals surface area contributed by atoms with Crippen molar-refractivity contribution < 1.29 is 14.2 Å². The van der Waals surface area contributed by atoms with E-state index >= 15 is 0 Å². The van der Waals surface area contributed by atoms with Crippen molar-refractivity contribution in [3.05, 3.63) is 53.6 Å². The molecular weight excluding hydrogens is 457 g/mol. The molecule has 0 aliphatic rings. The lowest BCUT2D eigenvalue weighted by Gasteiger charge is -2.11. The van der Waals surface area contributed by atoms with Gasteiger partial charge in [0.25, 0.3) is 0 Å². The SMILES string of the molecule is COc1ccc(CN=C(N)NCc2ccc(OC(C)C)cc2)cc1OC.I. The minimum absolute atomic E-state index is 0. The monoisotopic (exact) mass is 485 g/mol. The molecule has 0 spiro atoms. The normalized spacial score (nSPS) is 10.9. The van der Waals surface area contributed by atoms with Crippen LogP contribution in [0.3, 0.4) is 0 Å². The van der Waals surface area contributed by atoms with Crippen molar-refractivity contribution in [2.24, 2.45) is 10.7 Å². The first kappa shape index (κ1) is 22.9. The number of benzene rings is 2. The summed E-state index contributed by atoms with van der Waals surface area (Å²) >= 11 is 0. The Hall–Kier alpha value is -2.16. The predicted octanol–water partition coefficient (Wildman–Crippen LogP) is 3.71. The zero-order valence-corrected chi connectivity index (χ0v) is 18.5. The highest BCUT2D eigenvalue weighted by Gasteiger charge is 2.04. The lowest BCUT2D eigenvalue weighted by Crippen LogP contribution is -2.31. The van der Waals surface area contributed by atoms with E-state index in [1.165, 1.54) is 0 Å². The number of rotatable bonds is 8. The topological polar surface area (TPSA) is 78.1 Å². The molecule has 0 heterocycles. The van der Waals surface area contributed by atoms with Crippen LogP contribution in [0.25, 0.3) is 0 Å². The van der Waals surface area contributed by atoms with Crippen LogP contribution in [0.15, 0.2) is 47.5 Å². The van der Waals surface area contributed by atoms with Crippen molar-refractivity contribution in [2.45, 2.75) is 33.0 Å². The average Bonchev–Trinajstić information content (AvgIpc) is 2.65. The number of halogens is 1. The number of guanidine groups is 1. The van der Waals surface area contributed by atoms with Gasteiger partial charge >= 0.3 is 0 Å². The molecule has 27 heavy (non-hydrogen) atoms. The Morgan fingerprint density at radius 3 is 2.22 bits per heavy atom. The zero-order chi connectivity index (χ0) is 18.9. The third-order valence-corrected chi connectivity index (χ3v) is 3.65. The van der Waals surface area contributed by atoms with Crippen molar-refractivity contribution in [2.75, 3.05) is 14.2 Å². The summed E-state index contributed by atoms with van der Waals surface area (Å²) in [5.41, 5.74) is 8.04. The Labute approximate surface area is 178 Å². The quantitative estimate of drug-likeness (QED) is 0.339. The molecule has 0 bridgehead atoms. The number of hydrogen-bond donors (Lipinski definition) is 2. The number of hydrogen-bond acceptors (Lipinski definition) is 4.